The lowest BCUT2D eigenvalue weighted by Gasteiger charge is -2.01. The third kappa shape index (κ3) is 4.85. The molecule has 1 rings (SSSR count). The third-order valence-corrected chi connectivity index (χ3v) is 2.78. The van der Waals surface area contributed by atoms with E-state index in [1.165, 1.54) is 11.8 Å². The Morgan fingerprint density at radius 1 is 1.29 bits per heavy atom. The molecule has 0 unspecified atom stereocenters. The zero-order valence-corrected chi connectivity index (χ0v) is 10.5. The number of hydrogen-bond donors (Lipinski definition) is 0. The lowest BCUT2D eigenvalue weighted by molar-refractivity contribution is 1.82. The Morgan fingerprint density at radius 3 is 2.64 bits per heavy atom. The van der Waals surface area contributed by atoms with Crippen LogP contribution in [-0.2, 0) is 0 Å². The molecule has 0 saturated heterocycles. The molecule has 0 nitrogen and oxygen atoms in total. The van der Waals surface area contributed by atoms with Crippen LogP contribution in [0, 0.1) is 22.0 Å². The number of thioether (sulfide) groups is 1. The van der Waals surface area contributed by atoms with Gasteiger partial charge in [0.2, 0.25) is 0 Å². The molecule has 0 atom stereocenters. The SMILES string of the molecule is C[Si](C)(C)C#CSC#CC1=C=CC=C1. The van der Waals surface area contributed by atoms with Crippen LogP contribution >= 0.6 is 11.8 Å². The molecule has 0 spiro atoms. The third-order valence-electron chi connectivity index (χ3n) is 1.31. The average molecular weight is 216 g/mol. The minimum absolute atomic E-state index is 0.937. The van der Waals surface area contributed by atoms with Crippen LogP contribution in [0.3, 0.4) is 0 Å². The molecule has 0 saturated carbocycles. The molecular weight excluding hydrogens is 204 g/mol. The maximum absolute atomic E-state index is 3.24. The molecule has 0 aromatic heterocycles. The number of allylic oxidation sites excluding steroid dienone is 3. The van der Waals surface area contributed by atoms with Crippen molar-refractivity contribution in [1.82, 2.24) is 0 Å². The summed E-state index contributed by atoms with van der Waals surface area (Å²) in [5.41, 5.74) is 7.20. The van der Waals surface area contributed by atoms with Gasteiger partial charge in [-0.1, -0.05) is 25.7 Å². The fourth-order valence-corrected chi connectivity index (χ4v) is 2.33. The summed E-state index contributed by atoms with van der Waals surface area (Å²) in [7, 11) is -1.23. The van der Waals surface area contributed by atoms with Gasteiger partial charge in [0.25, 0.3) is 0 Å². The van der Waals surface area contributed by atoms with Gasteiger partial charge in [0, 0.05) is 11.8 Å². The molecule has 70 valence electrons. The highest BCUT2D eigenvalue weighted by Gasteiger charge is 2.06. The van der Waals surface area contributed by atoms with Crippen molar-refractivity contribution in [2.75, 3.05) is 0 Å². The first-order valence-corrected chi connectivity index (χ1v) is 8.72. The quantitative estimate of drug-likeness (QED) is 0.340. The van der Waals surface area contributed by atoms with Crippen LogP contribution in [0.15, 0.2) is 29.5 Å². The van der Waals surface area contributed by atoms with Gasteiger partial charge in [-0.15, -0.1) is 11.3 Å². The zero-order valence-electron chi connectivity index (χ0n) is 8.64. The summed E-state index contributed by atoms with van der Waals surface area (Å²) in [4.78, 5) is 0. The van der Waals surface area contributed by atoms with Crippen LogP contribution in [-0.4, -0.2) is 8.07 Å². The summed E-state index contributed by atoms with van der Waals surface area (Å²) in [5, 5.41) is 5.97. The van der Waals surface area contributed by atoms with Gasteiger partial charge < -0.3 is 0 Å². The number of hydrogen-bond acceptors (Lipinski definition) is 1. The van der Waals surface area contributed by atoms with Gasteiger partial charge in [0.05, 0.1) is 5.57 Å². The minimum Gasteiger partial charge on any atom is -0.119 e. The van der Waals surface area contributed by atoms with Crippen molar-refractivity contribution in [3.63, 3.8) is 0 Å². The first kappa shape index (κ1) is 11.0. The molecule has 0 aromatic carbocycles. The Balaban J connectivity index is 2.44. The van der Waals surface area contributed by atoms with Gasteiger partial charge in [0.15, 0.2) is 0 Å². The molecule has 0 N–H and O–H groups in total. The molecule has 1 aliphatic rings. The zero-order chi connectivity index (χ0) is 10.4. The predicted molar refractivity (Wildman–Crippen MR) is 67.2 cm³/mol. The Kier molecular flexibility index (Phi) is 3.93. The maximum atomic E-state index is 3.24. The highest BCUT2D eigenvalue weighted by Crippen LogP contribution is 2.03. The van der Waals surface area contributed by atoms with Crippen LogP contribution < -0.4 is 0 Å². The molecule has 0 aromatic rings. The van der Waals surface area contributed by atoms with Crippen LogP contribution in [0.5, 0.6) is 0 Å². The Hall–Kier alpha value is -1.05. The van der Waals surface area contributed by atoms with E-state index < -0.39 is 8.07 Å². The van der Waals surface area contributed by atoms with E-state index in [2.05, 4.69) is 47.3 Å². The second kappa shape index (κ2) is 4.98. The molecule has 2 heteroatoms. The fraction of sp³-hybridized carbons (Fsp3) is 0.250. The maximum Gasteiger partial charge on any atom is 0.130 e. The predicted octanol–water partition coefficient (Wildman–Crippen LogP) is 3.17. The second-order valence-electron chi connectivity index (χ2n) is 3.89. The lowest BCUT2D eigenvalue weighted by atomic mass is 10.3. The van der Waals surface area contributed by atoms with E-state index in [1.54, 1.807) is 0 Å². The van der Waals surface area contributed by atoms with E-state index in [4.69, 9.17) is 0 Å². The van der Waals surface area contributed by atoms with E-state index in [-0.39, 0.29) is 0 Å². The number of rotatable bonds is 0. The first-order valence-electron chi connectivity index (χ1n) is 4.40. The second-order valence-corrected chi connectivity index (χ2v) is 9.25. The van der Waals surface area contributed by atoms with Gasteiger partial charge in [-0.05, 0) is 28.6 Å². The summed E-state index contributed by atoms with van der Waals surface area (Å²) < 4.78 is 0. The topological polar surface area (TPSA) is 0 Å². The first-order chi connectivity index (χ1) is 6.58. The Morgan fingerprint density at radius 2 is 2.07 bits per heavy atom. The van der Waals surface area contributed by atoms with Gasteiger partial charge in [-0.3, -0.25) is 0 Å². The average Bonchev–Trinajstić information content (AvgIpc) is 2.54. The standard InChI is InChI=1S/C12H12SSi/c1-14(2,3)11-10-13-9-8-12-6-4-5-7-12/h4-6H,1-3H3. The van der Waals surface area contributed by atoms with Crippen molar-refractivity contribution in [3.8, 4) is 22.0 Å². The normalized spacial score (nSPS) is 12.6. The van der Waals surface area contributed by atoms with E-state index >= 15 is 0 Å². The molecule has 0 bridgehead atoms. The highest BCUT2D eigenvalue weighted by molar-refractivity contribution is 8.08. The van der Waals surface area contributed by atoms with E-state index in [0.29, 0.717) is 0 Å². The Bertz CT molecular complexity index is 421. The van der Waals surface area contributed by atoms with Crippen LogP contribution in [0.2, 0.25) is 19.6 Å². The van der Waals surface area contributed by atoms with E-state index in [1.807, 2.05) is 18.2 Å². The van der Waals surface area contributed by atoms with E-state index in [9.17, 15) is 0 Å². The van der Waals surface area contributed by atoms with Crippen molar-refractivity contribution < 1.29 is 0 Å². The van der Waals surface area contributed by atoms with Crippen LogP contribution in [0.1, 0.15) is 0 Å². The summed E-state index contributed by atoms with van der Waals surface area (Å²) in [5.74, 6) is 2.98. The van der Waals surface area contributed by atoms with Crippen molar-refractivity contribution in [2.45, 2.75) is 19.6 Å². The van der Waals surface area contributed by atoms with Crippen molar-refractivity contribution in [2.24, 2.45) is 0 Å². The van der Waals surface area contributed by atoms with Gasteiger partial charge in [-0.2, -0.15) is 0 Å². The van der Waals surface area contributed by atoms with Gasteiger partial charge >= 0.3 is 0 Å². The molecule has 1 aliphatic carbocycles. The van der Waals surface area contributed by atoms with Crippen LogP contribution in [0.4, 0.5) is 0 Å². The molecule has 0 aliphatic heterocycles. The van der Waals surface area contributed by atoms with Crippen molar-refractivity contribution in [1.29, 1.82) is 0 Å². The molecular formula is C12H12SSi. The van der Waals surface area contributed by atoms with E-state index in [0.717, 1.165) is 5.57 Å². The monoisotopic (exact) mass is 216 g/mol. The molecule has 0 fully saturated rings. The Labute approximate surface area is 91.2 Å². The van der Waals surface area contributed by atoms with Crippen molar-refractivity contribution >= 4 is 19.8 Å². The summed E-state index contributed by atoms with van der Waals surface area (Å²) >= 11 is 1.37. The molecule has 0 heterocycles. The summed E-state index contributed by atoms with van der Waals surface area (Å²) in [6, 6.07) is 0. The van der Waals surface area contributed by atoms with Gasteiger partial charge in [0.1, 0.15) is 8.07 Å². The largest absolute Gasteiger partial charge is 0.130 e. The minimum atomic E-state index is -1.23. The summed E-state index contributed by atoms with van der Waals surface area (Å²) in [6.07, 6.45) is 5.74. The molecule has 14 heavy (non-hydrogen) atoms. The van der Waals surface area contributed by atoms with Crippen LogP contribution in [0.25, 0.3) is 0 Å². The fourth-order valence-electron chi connectivity index (χ4n) is 0.693. The van der Waals surface area contributed by atoms with Gasteiger partial charge in [-0.25, -0.2) is 0 Å². The molecule has 0 amide bonds. The smallest absolute Gasteiger partial charge is 0.119 e. The lowest BCUT2D eigenvalue weighted by Crippen LogP contribution is -2.15. The van der Waals surface area contributed by atoms with Crippen molar-refractivity contribution in [3.05, 3.63) is 29.5 Å². The summed E-state index contributed by atoms with van der Waals surface area (Å²) in [6.45, 7) is 6.66. The highest BCUT2D eigenvalue weighted by atomic mass is 32.2. The molecule has 0 radical (unpaired) electrons.